The van der Waals surface area contributed by atoms with E-state index in [1.54, 1.807) is 47.4 Å². The Labute approximate surface area is 165 Å². The largest absolute Gasteiger partial charge is 0.363 e. The number of aliphatic hydroxyl groups is 1. The van der Waals surface area contributed by atoms with Gasteiger partial charge in [-0.3, -0.25) is 20.2 Å². The first kappa shape index (κ1) is 18.6. The third-order valence-electron chi connectivity index (χ3n) is 5.25. The molecule has 0 aromatic heterocycles. The highest BCUT2D eigenvalue weighted by Crippen LogP contribution is 2.51. The molecule has 0 radical (unpaired) electrons. The van der Waals surface area contributed by atoms with Gasteiger partial charge in [0.1, 0.15) is 0 Å². The summed E-state index contributed by atoms with van der Waals surface area (Å²) in [6, 6.07) is 17.6. The molecule has 29 heavy (non-hydrogen) atoms. The third kappa shape index (κ3) is 2.73. The molecule has 1 atom stereocenters. The fraction of sp³-hybridized carbons (Fsp3) is 0.143. The van der Waals surface area contributed by atoms with Gasteiger partial charge in [0.2, 0.25) is 0 Å². The van der Waals surface area contributed by atoms with E-state index in [9.17, 15) is 25.3 Å². The van der Waals surface area contributed by atoms with Crippen LogP contribution in [0.2, 0.25) is 0 Å². The number of anilines is 1. The average Bonchev–Trinajstić information content (AvgIpc) is 2.74. The monoisotopic (exact) mass is 391 g/mol. The van der Waals surface area contributed by atoms with Crippen molar-refractivity contribution in [2.24, 2.45) is 0 Å². The Morgan fingerprint density at radius 2 is 1.48 bits per heavy atom. The lowest BCUT2D eigenvalue weighted by Gasteiger charge is -2.46. The van der Waals surface area contributed by atoms with E-state index in [-0.39, 0.29) is 11.4 Å². The van der Waals surface area contributed by atoms with Gasteiger partial charge in [0.15, 0.2) is 5.72 Å². The van der Waals surface area contributed by atoms with Crippen molar-refractivity contribution in [1.82, 2.24) is 0 Å². The van der Waals surface area contributed by atoms with Gasteiger partial charge in [0.05, 0.1) is 15.5 Å². The Morgan fingerprint density at radius 3 is 2.07 bits per heavy atom. The van der Waals surface area contributed by atoms with E-state index in [1.807, 2.05) is 6.92 Å². The average molecular weight is 391 g/mol. The van der Waals surface area contributed by atoms with Crippen LogP contribution < -0.4 is 4.90 Å². The summed E-state index contributed by atoms with van der Waals surface area (Å²) < 4.78 is 0. The quantitative estimate of drug-likeness (QED) is 0.527. The van der Waals surface area contributed by atoms with E-state index in [0.717, 1.165) is 0 Å². The summed E-state index contributed by atoms with van der Waals surface area (Å²) in [6.07, 6.45) is 0. The van der Waals surface area contributed by atoms with Crippen molar-refractivity contribution in [2.75, 3.05) is 11.4 Å². The zero-order chi connectivity index (χ0) is 20.8. The van der Waals surface area contributed by atoms with Gasteiger partial charge in [-0.05, 0) is 24.6 Å². The maximum Gasteiger partial charge on any atom is 0.271 e. The highest BCUT2D eigenvalue weighted by Gasteiger charge is 2.45. The minimum absolute atomic E-state index is 0.0945. The number of rotatable bonds is 4. The molecule has 3 aromatic carbocycles. The number of nitrogens with zero attached hydrogens (tertiary/aromatic N) is 3. The Balaban J connectivity index is 2.09. The van der Waals surface area contributed by atoms with E-state index in [1.165, 1.54) is 24.3 Å². The Kier molecular flexibility index (Phi) is 4.28. The van der Waals surface area contributed by atoms with E-state index in [0.29, 0.717) is 34.5 Å². The lowest BCUT2D eigenvalue weighted by Crippen LogP contribution is -2.49. The van der Waals surface area contributed by atoms with Gasteiger partial charge in [-0.1, -0.05) is 30.3 Å². The second-order valence-corrected chi connectivity index (χ2v) is 6.73. The maximum atomic E-state index is 12.0. The highest BCUT2D eigenvalue weighted by molar-refractivity contribution is 5.88. The zero-order valence-electron chi connectivity index (χ0n) is 15.5. The zero-order valence-corrected chi connectivity index (χ0v) is 15.5. The van der Waals surface area contributed by atoms with Crippen molar-refractivity contribution < 1.29 is 15.0 Å². The van der Waals surface area contributed by atoms with Gasteiger partial charge in [-0.2, -0.15) is 0 Å². The lowest BCUT2D eigenvalue weighted by molar-refractivity contribution is -0.385. The standard InChI is InChI=1S/C21H17N3O5/c1-2-22-20-13-16(24(28)29)9-11-18(20)17-10-8-15(23(26)27)12-19(17)21(22,25)14-6-4-3-5-7-14/h3-13,25H,2H2,1H3/t21-/m1/s1. The molecule has 4 rings (SSSR count). The van der Waals surface area contributed by atoms with Gasteiger partial charge < -0.3 is 10.0 Å². The van der Waals surface area contributed by atoms with Gasteiger partial charge in [-0.25, -0.2) is 0 Å². The van der Waals surface area contributed by atoms with Crippen LogP contribution in [0.1, 0.15) is 18.1 Å². The number of non-ortho nitro benzene ring substituents is 2. The molecule has 0 fully saturated rings. The van der Waals surface area contributed by atoms with Crippen molar-refractivity contribution in [2.45, 2.75) is 12.6 Å². The van der Waals surface area contributed by atoms with Gasteiger partial charge >= 0.3 is 0 Å². The van der Waals surface area contributed by atoms with Crippen molar-refractivity contribution in [1.29, 1.82) is 0 Å². The summed E-state index contributed by atoms with van der Waals surface area (Å²) in [7, 11) is 0. The van der Waals surface area contributed by atoms with Crippen LogP contribution in [0.5, 0.6) is 0 Å². The molecule has 1 aliphatic heterocycles. The first-order chi connectivity index (χ1) is 13.9. The first-order valence-electron chi connectivity index (χ1n) is 9.01. The lowest BCUT2D eigenvalue weighted by atomic mass is 9.81. The third-order valence-corrected chi connectivity index (χ3v) is 5.25. The predicted molar refractivity (Wildman–Crippen MR) is 108 cm³/mol. The molecule has 0 aliphatic carbocycles. The summed E-state index contributed by atoms with van der Waals surface area (Å²) in [6.45, 7) is 2.14. The van der Waals surface area contributed by atoms with Crippen LogP contribution in [-0.4, -0.2) is 21.5 Å². The highest BCUT2D eigenvalue weighted by atomic mass is 16.6. The molecule has 0 unspecified atom stereocenters. The van der Waals surface area contributed by atoms with Gasteiger partial charge in [-0.15, -0.1) is 0 Å². The van der Waals surface area contributed by atoms with Gasteiger partial charge in [0.25, 0.3) is 11.4 Å². The molecular formula is C21H17N3O5. The Bertz CT molecular complexity index is 1130. The number of hydrogen-bond acceptors (Lipinski definition) is 6. The smallest absolute Gasteiger partial charge is 0.271 e. The van der Waals surface area contributed by atoms with Crippen molar-refractivity contribution in [3.63, 3.8) is 0 Å². The fourth-order valence-electron chi connectivity index (χ4n) is 3.95. The van der Waals surface area contributed by atoms with Crippen LogP contribution in [0.3, 0.4) is 0 Å². The summed E-state index contributed by atoms with van der Waals surface area (Å²) in [5.41, 5.74) is 0.679. The number of nitro benzene ring substituents is 2. The van der Waals surface area contributed by atoms with Crippen LogP contribution in [0.15, 0.2) is 66.7 Å². The van der Waals surface area contributed by atoms with Crippen molar-refractivity contribution in [3.8, 4) is 11.1 Å². The molecule has 1 aliphatic rings. The molecule has 0 saturated carbocycles. The summed E-state index contributed by atoms with van der Waals surface area (Å²) in [5, 5.41) is 34.7. The Hall–Kier alpha value is -3.78. The second kappa shape index (κ2) is 6.68. The molecule has 0 spiro atoms. The first-order valence-corrected chi connectivity index (χ1v) is 9.01. The van der Waals surface area contributed by atoms with Crippen molar-refractivity contribution in [3.05, 3.63) is 98.1 Å². The minimum atomic E-state index is -1.72. The SMILES string of the molecule is CCN1c2cc([N+](=O)[O-])ccc2-c2ccc([N+](=O)[O-])cc2[C@]1(O)c1ccccc1. The molecule has 3 aromatic rings. The number of benzene rings is 3. The molecule has 0 amide bonds. The van der Waals surface area contributed by atoms with Crippen LogP contribution in [-0.2, 0) is 5.72 Å². The molecule has 1 N–H and O–H groups in total. The van der Waals surface area contributed by atoms with E-state index in [4.69, 9.17) is 0 Å². The normalized spacial score (nSPS) is 17.4. The van der Waals surface area contributed by atoms with E-state index >= 15 is 0 Å². The van der Waals surface area contributed by atoms with Crippen LogP contribution in [0, 0.1) is 20.2 Å². The van der Waals surface area contributed by atoms with Crippen molar-refractivity contribution >= 4 is 17.1 Å². The fourth-order valence-corrected chi connectivity index (χ4v) is 3.95. The molecule has 8 nitrogen and oxygen atoms in total. The molecule has 0 saturated heterocycles. The number of fused-ring (bicyclic) bond motifs is 3. The number of hydrogen-bond donors (Lipinski definition) is 1. The van der Waals surface area contributed by atoms with Crippen LogP contribution in [0.25, 0.3) is 11.1 Å². The molecule has 1 heterocycles. The van der Waals surface area contributed by atoms with Crippen LogP contribution >= 0.6 is 0 Å². The molecular weight excluding hydrogens is 374 g/mol. The van der Waals surface area contributed by atoms with Gasteiger partial charge in [0, 0.05) is 47.5 Å². The van der Waals surface area contributed by atoms with E-state index in [2.05, 4.69) is 0 Å². The minimum Gasteiger partial charge on any atom is -0.363 e. The topological polar surface area (TPSA) is 110 Å². The van der Waals surface area contributed by atoms with Crippen LogP contribution in [0.4, 0.5) is 17.1 Å². The summed E-state index contributed by atoms with van der Waals surface area (Å²) in [5.74, 6) is 0. The predicted octanol–water partition coefficient (Wildman–Crippen LogP) is 4.20. The Morgan fingerprint density at radius 1 is 0.897 bits per heavy atom. The second-order valence-electron chi connectivity index (χ2n) is 6.73. The van der Waals surface area contributed by atoms with E-state index < -0.39 is 15.6 Å². The summed E-state index contributed by atoms with van der Waals surface area (Å²) in [4.78, 5) is 23.4. The molecule has 0 bridgehead atoms. The molecule has 8 heteroatoms. The number of nitro groups is 2. The summed E-state index contributed by atoms with van der Waals surface area (Å²) >= 11 is 0. The maximum absolute atomic E-state index is 12.0. The molecule has 146 valence electrons.